The Morgan fingerprint density at radius 2 is 2.24 bits per heavy atom. The van der Waals surface area contributed by atoms with E-state index in [0.717, 1.165) is 12.8 Å². The highest BCUT2D eigenvalue weighted by molar-refractivity contribution is 5.95. The highest BCUT2D eigenvalue weighted by Crippen LogP contribution is 2.35. The Labute approximate surface area is 123 Å². The van der Waals surface area contributed by atoms with Gasteiger partial charge in [-0.2, -0.15) is 0 Å². The first-order valence-electron chi connectivity index (χ1n) is 7.10. The molecular formula is C14H20N4O3. The summed E-state index contributed by atoms with van der Waals surface area (Å²) in [6, 6.07) is 4.35. The molecule has 2 rings (SSSR count). The second-order valence-corrected chi connectivity index (χ2v) is 5.17. The molecule has 1 aliphatic carbocycles. The second-order valence-electron chi connectivity index (χ2n) is 5.17. The average molecular weight is 292 g/mol. The number of nitro groups is 1. The number of rotatable bonds is 7. The number of benzene rings is 1. The van der Waals surface area contributed by atoms with Gasteiger partial charge in [0.1, 0.15) is 5.69 Å². The summed E-state index contributed by atoms with van der Waals surface area (Å²) in [5.41, 5.74) is 6.43. The molecule has 1 fully saturated rings. The number of hydrogen-bond acceptors (Lipinski definition) is 5. The van der Waals surface area contributed by atoms with E-state index in [4.69, 9.17) is 5.73 Å². The third-order valence-electron chi connectivity index (χ3n) is 3.58. The maximum atomic E-state index is 11.8. The van der Waals surface area contributed by atoms with E-state index >= 15 is 0 Å². The van der Waals surface area contributed by atoms with E-state index in [1.54, 1.807) is 0 Å². The normalized spacial score (nSPS) is 15.3. The summed E-state index contributed by atoms with van der Waals surface area (Å²) in [5.74, 6) is 0.217. The quantitative estimate of drug-likeness (QED) is 0.521. The first kappa shape index (κ1) is 15.2. The molecule has 7 heteroatoms. The van der Waals surface area contributed by atoms with Gasteiger partial charge < -0.3 is 16.4 Å². The zero-order valence-electron chi connectivity index (χ0n) is 12.0. The van der Waals surface area contributed by atoms with Crippen molar-refractivity contribution in [3.05, 3.63) is 33.9 Å². The Kier molecular flexibility index (Phi) is 4.74. The van der Waals surface area contributed by atoms with E-state index in [0.29, 0.717) is 30.3 Å². The fourth-order valence-electron chi connectivity index (χ4n) is 2.28. The topological polar surface area (TPSA) is 110 Å². The highest BCUT2D eigenvalue weighted by atomic mass is 16.6. The number of nitrogens with zero attached hydrogens (tertiary/aromatic N) is 1. The fourth-order valence-corrected chi connectivity index (χ4v) is 2.28. The zero-order chi connectivity index (χ0) is 15.4. The van der Waals surface area contributed by atoms with E-state index in [-0.39, 0.29) is 17.6 Å². The van der Waals surface area contributed by atoms with E-state index in [1.807, 2.05) is 6.92 Å². The SMILES string of the molecule is CCNC(=O)c1ccc([N+](=O)[O-])c(NC(CN)C2CC2)c1. The molecule has 0 bridgehead atoms. The summed E-state index contributed by atoms with van der Waals surface area (Å²) in [6.45, 7) is 2.74. The predicted octanol–water partition coefficient (Wildman–Crippen LogP) is 1.49. The van der Waals surface area contributed by atoms with Crippen LogP contribution in [0.25, 0.3) is 0 Å². The Morgan fingerprint density at radius 3 is 2.76 bits per heavy atom. The molecular weight excluding hydrogens is 272 g/mol. The van der Waals surface area contributed by atoms with Gasteiger partial charge in [0.05, 0.1) is 4.92 Å². The third-order valence-corrected chi connectivity index (χ3v) is 3.58. The van der Waals surface area contributed by atoms with Gasteiger partial charge in [-0.25, -0.2) is 0 Å². The molecule has 1 saturated carbocycles. The van der Waals surface area contributed by atoms with Gasteiger partial charge in [-0.15, -0.1) is 0 Å². The minimum atomic E-state index is -0.454. The number of nitro benzene ring substituents is 1. The van der Waals surface area contributed by atoms with Gasteiger partial charge in [0.15, 0.2) is 0 Å². The minimum Gasteiger partial charge on any atom is -0.375 e. The van der Waals surface area contributed by atoms with Crippen LogP contribution in [0.3, 0.4) is 0 Å². The molecule has 0 spiro atoms. The summed E-state index contributed by atoms with van der Waals surface area (Å²) in [4.78, 5) is 22.5. The average Bonchev–Trinajstić information content (AvgIpc) is 3.29. The standard InChI is InChI=1S/C14H20N4O3/c1-2-16-14(19)10-5-6-13(18(20)21)11(7-10)17-12(8-15)9-3-4-9/h5-7,9,12,17H,2-4,8,15H2,1H3,(H,16,19). The maximum Gasteiger partial charge on any atom is 0.292 e. The van der Waals surface area contributed by atoms with E-state index in [2.05, 4.69) is 10.6 Å². The first-order chi connectivity index (χ1) is 10.1. The van der Waals surface area contributed by atoms with Crippen molar-refractivity contribution in [2.75, 3.05) is 18.4 Å². The molecule has 7 nitrogen and oxygen atoms in total. The molecule has 0 aliphatic heterocycles. The Balaban J connectivity index is 2.27. The summed E-state index contributed by atoms with van der Waals surface area (Å²) >= 11 is 0. The maximum absolute atomic E-state index is 11.8. The van der Waals surface area contributed by atoms with Gasteiger partial charge in [-0.1, -0.05) is 0 Å². The van der Waals surface area contributed by atoms with Gasteiger partial charge in [0.2, 0.25) is 0 Å². The molecule has 1 atom stereocenters. The Hall–Kier alpha value is -2.15. The molecule has 0 saturated heterocycles. The van der Waals surface area contributed by atoms with Crippen LogP contribution in [-0.2, 0) is 0 Å². The van der Waals surface area contributed by atoms with Crippen molar-refractivity contribution in [2.24, 2.45) is 11.7 Å². The lowest BCUT2D eigenvalue weighted by Crippen LogP contribution is -2.31. The monoisotopic (exact) mass is 292 g/mol. The molecule has 1 aromatic rings. The van der Waals surface area contributed by atoms with Crippen LogP contribution >= 0.6 is 0 Å². The molecule has 1 aromatic carbocycles. The highest BCUT2D eigenvalue weighted by Gasteiger charge is 2.31. The van der Waals surface area contributed by atoms with Gasteiger partial charge in [-0.05, 0) is 37.8 Å². The van der Waals surface area contributed by atoms with Crippen LogP contribution in [0.2, 0.25) is 0 Å². The zero-order valence-corrected chi connectivity index (χ0v) is 12.0. The van der Waals surface area contributed by atoms with Crippen molar-refractivity contribution in [3.8, 4) is 0 Å². The van der Waals surface area contributed by atoms with Gasteiger partial charge in [0.25, 0.3) is 11.6 Å². The van der Waals surface area contributed by atoms with Crippen LogP contribution in [0.1, 0.15) is 30.1 Å². The van der Waals surface area contributed by atoms with Crippen molar-refractivity contribution < 1.29 is 9.72 Å². The number of anilines is 1. The summed E-state index contributed by atoms with van der Waals surface area (Å²) in [6.07, 6.45) is 2.16. The van der Waals surface area contributed by atoms with E-state index < -0.39 is 4.92 Å². The Morgan fingerprint density at radius 1 is 1.52 bits per heavy atom. The molecule has 1 unspecified atom stereocenters. The second kappa shape index (κ2) is 6.53. The van der Waals surface area contributed by atoms with Crippen LogP contribution in [-0.4, -0.2) is 30.0 Å². The lowest BCUT2D eigenvalue weighted by atomic mass is 10.1. The number of amides is 1. The van der Waals surface area contributed by atoms with Gasteiger partial charge >= 0.3 is 0 Å². The van der Waals surface area contributed by atoms with E-state index in [1.165, 1.54) is 18.2 Å². The summed E-state index contributed by atoms with van der Waals surface area (Å²) < 4.78 is 0. The Bertz CT molecular complexity index is 543. The molecule has 0 radical (unpaired) electrons. The van der Waals surface area contributed by atoms with Crippen LogP contribution in [0.4, 0.5) is 11.4 Å². The lowest BCUT2D eigenvalue weighted by Gasteiger charge is -2.18. The van der Waals surface area contributed by atoms with Crippen molar-refractivity contribution in [2.45, 2.75) is 25.8 Å². The summed E-state index contributed by atoms with van der Waals surface area (Å²) in [7, 11) is 0. The van der Waals surface area contributed by atoms with Crippen LogP contribution in [0, 0.1) is 16.0 Å². The molecule has 21 heavy (non-hydrogen) atoms. The first-order valence-corrected chi connectivity index (χ1v) is 7.10. The number of hydrogen-bond donors (Lipinski definition) is 3. The molecule has 4 N–H and O–H groups in total. The number of nitrogens with one attached hydrogen (secondary N) is 2. The van der Waals surface area contributed by atoms with Gasteiger partial charge in [-0.3, -0.25) is 14.9 Å². The van der Waals surface area contributed by atoms with Crippen molar-refractivity contribution in [3.63, 3.8) is 0 Å². The number of nitrogens with two attached hydrogens (primary N) is 1. The van der Waals surface area contributed by atoms with Crippen LogP contribution in [0.15, 0.2) is 18.2 Å². The molecule has 1 aliphatic rings. The molecule has 0 aromatic heterocycles. The molecule has 0 heterocycles. The lowest BCUT2D eigenvalue weighted by molar-refractivity contribution is -0.384. The number of carbonyl (C=O) groups excluding carboxylic acids is 1. The smallest absolute Gasteiger partial charge is 0.292 e. The number of carbonyl (C=O) groups is 1. The summed E-state index contributed by atoms with van der Waals surface area (Å²) in [5, 5.41) is 16.9. The molecule has 114 valence electrons. The fraction of sp³-hybridized carbons (Fsp3) is 0.500. The molecule has 1 amide bonds. The third kappa shape index (κ3) is 3.69. The van der Waals surface area contributed by atoms with Crippen LogP contribution in [0.5, 0.6) is 0 Å². The predicted molar refractivity (Wildman–Crippen MR) is 80.3 cm³/mol. The van der Waals surface area contributed by atoms with Crippen molar-refractivity contribution in [1.29, 1.82) is 0 Å². The largest absolute Gasteiger partial charge is 0.375 e. The minimum absolute atomic E-state index is 0.00758. The van der Waals surface area contributed by atoms with E-state index in [9.17, 15) is 14.9 Å². The van der Waals surface area contributed by atoms with Crippen molar-refractivity contribution in [1.82, 2.24) is 5.32 Å². The van der Waals surface area contributed by atoms with Crippen molar-refractivity contribution >= 4 is 17.3 Å². The van der Waals surface area contributed by atoms with Crippen LogP contribution < -0.4 is 16.4 Å². The van der Waals surface area contributed by atoms with Gasteiger partial charge in [0, 0.05) is 30.8 Å².